The lowest BCUT2D eigenvalue weighted by molar-refractivity contribution is 0.800. The van der Waals surface area contributed by atoms with Gasteiger partial charge >= 0.3 is 0 Å². The summed E-state index contributed by atoms with van der Waals surface area (Å²) in [6, 6.07) is 23.0. The van der Waals surface area contributed by atoms with E-state index in [0.29, 0.717) is 23.7 Å². The van der Waals surface area contributed by atoms with Crippen molar-refractivity contribution in [3.63, 3.8) is 0 Å². The van der Waals surface area contributed by atoms with Crippen molar-refractivity contribution in [2.45, 2.75) is 105 Å². The lowest BCUT2D eigenvalue weighted by Gasteiger charge is -2.26. The number of anilines is 2. The van der Waals surface area contributed by atoms with Crippen molar-refractivity contribution >= 4 is 11.4 Å². The summed E-state index contributed by atoms with van der Waals surface area (Å²) in [6.07, 6.45) is 0. The van der Waals surface area contributed by atoms with Gasteiger partial charge in [0.2, 0.25) is 0 Å². The van der Waals surface area contributed by atoms with E-state index in [1.165, 1.54) is 44.8 Å². The van der Waals surface area contributed by atoms with Crippen molar-refractivity contribution in [3.8, 4) is 0 Å². The maximum atomic E-state index is 3.90. The van der Waals surface area contributed by atoms with Crippen LogP contribution in [0.2, 0.25) is 0 Å². The van der Waals surface area contributed by atoms with E-state index >= 15 is 0 Å². The molecule has 3 rings (SSSR count). The molecule has 0 spiro atoms. The third-order valence-electron chi connectivity index (χ3n) is 7.38. The van der Waals surface area contributed by atoms with Gasteiger partial charge in [-0.2, -0.15) is 0 Å². The Morgan fingerprint density at radius 3 is 0.972 bits per heavy atom. The zero-order chi connectivity index (χ0) is 26.6. The molecule has 0 fully saturated rings. The van der Waals surface area contributed by atoms with Crippen LogP contribution in [0, 0.1) is 0 Å². The van der Waals surface area contributed by atoms with E-state index in [1.807, 2.05) is 0 Å². The van der Waals surface area contributed by atoms with Crippen LogP contribution in [-0.4, -0.2) is 0 Å². The van der Waals surface area contributed by atoms with Crippen LogP contribution in [0.4, 0.5) is 11.4 Å². The predicted molar refractivity (Wildman–Crippen MR) is 160 cm³/mol. The zero-order valence-electron chi connectivity index (χ0n) is 24.2. The molecule has 0 aliphatic heterocycles. The molecule has 0 aromatic heterocycles. The molecular weight excluding hydrogens is 436 g/mol. The Hall–Kier alpha value is -2.74. The Morgan fingerprint density at radius 1 is 0.417 bits per heavy atom. The van der Waals surface area contributed by atoms with E-state index in [0.717, 1.165) is 0 Å². The molecule has 0 saturated heterocycles. The van der Waals surface area contributed by atoms with Crippen LogP contribution in [0.5, 0.6) is 0 Å². The van der Waals surface area contributed by atoms with Crippen molar-refractivity contribution in [2.75, 3.05) is 10.6 Å². The third kappa shape index (κ3) is 6.33. The summed E-state index contributed by atoms with van der Waals surface area (Å²) in [5.41, 5.74) is 10.8. The van der Waals surface area contributed by atoms with Gasteiger partial charge in [0, 0.05) is 23.5 Å². The van der Waals surface area contributed by atoms with Gasteiger partial charge in [-0.15, -0.1) is 0 Å². The normalized spacial score (nSPS) is 13.5. The van der Waals surface area contributed by atoms with E-state index in [9.17, 15) is 0 Å². The van der Waals surface area contributed by atoms with E-state index in [2.05, 4.69) is 141 Å². The quantitative estimate of drug-likeness (QED) is 0.299. The minimum atomic E-state index is 0.212. The molecule has 0 aliphatic rings. The van der Waals surface area contributed by atoms with Gasteiger partial charge in [0.05, 0.1) is 0 Å². The van der Waals surface area contributed by atoms with Crippen LogP contribution in [0.1, 0.15) is 138 Å². The largest absolute Gasteiger partial charge is 0.378 e. The molecule has 0 amide bonds. The van der Waals surface area contributed by atoms with Gasteiger partial charge in [-0.3, -0.25) is 0 Å². The minimum absolute atomic E-state index is 0.212. The predicted octanol–water partition coefficient (Wildman–Crippen LogP) is 10.5. The summed E-state index contributed by atoms with van der Waals surface area (Å²) in [4.78, 5) is 0. The first-order valence-electron chi connectivity index (χ1n) is 13.9. The SMILES string of the molecule is CC(C)c1cccc(C(C)C)c1NC(C)c1cccc(C(C)Nc2c(C(C)C)cccc2C(C)C)c1. The summed E-state index contributed by atoms with van der Waals surface area (Å²) < 4.78 is 0. The minimum Gasteiger partial charge on any atom is -0.378 e. The second-order valence-electron chi connectivity index (χ2n) is 11.6. The molecule has 2 heteroatoms. The van der Waals surface area contributed by atoms with E-state index in [4.69, 9.17) is 0 Å². The van der Waals surface area contributed by atoms with Crippen molar-refractivity contribution in [1.29, 1.82) is 0 Å². The van der Waals surface area contributed by atoms with Gasteiger partial charge in [0.15, 0.2) is 0 Å². The van der Waals surface area contributed by atoms with Crippen LogP contribution >= 0.6 is 0 Å². The lowest BCUT2D eigenvalue weighted by atomic mass is 9.91. The molecule has 0 aliphatic carbocycles. The second-order valence-corrected chi connectivity index (χ2v) is 11.6. The highest BCUT2D eigenvalue weighted by Crippen LogP contribution is 2.37. The molecule has 2 atom stereocenters. The fourth-order valence-corrected chi connectivity index (χ4v) is 5.13. The zero-order valence-corrected chi connectivity index (χ0v) is 24.2. The Bertz CT molecular complexity index is 1000. The molecule has 2 N–H and O–H groups in total. The summed E-state index contributed by atoms with van der Waals surface area (Å²) >= 11 is 0. The summed E-state index contributed by atoms with van der Waals surface area (Å²) in [5.74, 6) is 1.91. The average Bonchev–Trinajstić information content (AvgIpc) is 2.83. The smallest absolute Gasteiger partial charge is 0.0485 e. The monoisotopic (exact) mass is 484 g/mol. The molecule has 36 heavy (non-hydrogen) atoms. The maximum absolute atomic E-state index is 3.90. The first-order chi connectivity index (χ1) is 17.0. The van der Waals surface area contributed by atoms with Crippen molar-refractivity contribution in [1.82, 2.24) is 0 Å². The molecule has 0 bridgehead atoms. The van der Waals surface area contributed by atoms with E-state index in [1.54, 1.807) is 0 Å². The standard InChI is InChI=1S/C34H48N2/c1-21(2)29-16-12-17-30(22(3)4)33(29)35-25(9)27-14-11-15-28(20-27)26(10)36-34-31(23(5)6)18-13-19-32(34)24(7)8/h11-26,35-36H,1-10H3. The highest BCUT2D eigenvalue weighted by atomic mass is 14.9. The fraction of sp³-hybridized carbons (Fsp3) is 0.471. The molecule has 2 nitrogen and oxygen atoms in total. The van der Waals surface area contributed by atoms with Crippen molar-refractivity contribution in [3.05, 3.63) is 94.0 Å². The number of nitrogens with one attached hydrogen (secondary N) is 2. The molecular formula is C34H48N2. The molecule has 0 saturated carbocycles. The molecule has 3 aromatic carbocycles. The molecule has 3 aromatic rings. The summed E-state index contributed by atoms with van der Waals surface area (Å²) in [6.45, 7) is 22.8. The lowest BCUT2D eigenvalue weighted by Crippen LogP contribution is -2.14. The molecule has 2 unspecified atom stereocenters. The maximum Gasteiger partial charge on any atom is 0.0485 e. The highest BCUT2D eigenvalue weighted by molar-refractivity contribution is 5.62. The van der Waals surface area contributed by atoms with Crippen molar-refractivity contribution < 1.29 is 0 Å². The van der Waals surface area contributed by atoms with Gasteiger partial charge in [0.1, 0.15) is 0 Å². The first kappa shape index (κ1) is 27.8. The van der Waals surface area contributed by atoms with Crippen LogP contribution in [0.3, 0.4) is 0 Å². The van der Waals surface area contributed by atoms with Crippen LogP contribution in [0.25, 0.3) is 0 Å². The second kappa shape index (κ2) is 12.0. The van der Waals surface area contributed by atoms with E-state index < -0.39 is 0 Å². The number of rotatable bonds is 10. The van der Waals surface area contributed by atoms with Crippen LogP contribution in [0.15, 0.2) is 60.7 Å². The Kier molecular flexibility index (Phi) is 9.28. The van der Waals surface area contributed by atoms with E-state index in [-0.39, 0.29) is 12.1 Å². The summed E-state index contributed by atoms with van der Waals surface area (Å²) in [5, 5.41) is 7.80. The number of para-hydroxylation sites is 2. The van der Waals surface area contributed by atoms with Crippen LogP contribution in [-0.2, 0) is 0 Å². The van der Waals surface area contributed by atoms with Gasteiger partial charge in [0.25, 0.3) is 0 Å². The third-order valence-corrected chi connectivity index (χ3v) is 7.38. The molecule has 0 radical (unpaired) electrons. The topological polar surface area (TPSA) is 24.1 Å². The Labute approximate surface area is 220 Å². The van der Waals surface area contributed by atoms with Crippen molar-refractivity contribution in [2.24, 2.45) is 0 Å². The number of benzene rings is 3. The first-order valence-corrected chi connectivity index (χ1v) is 13.9. The summed E-state index contributed by atoms with van der Waals surface area (Å²) in [7, 11) is 0. The highest BCUT2D eigenvalue weighted by Gasteiger charge is 2.19. The van der Waals surface area contributed by atoms with Gasteiger partial charge < -0.3 is 10.6 Å². The van der Waals surface area contributed by atoms with Gasteiger partial charge in [-0.1, -0.05) is 116 Å². The Balaban J connectivity index is 1.90. The Morgan fingerprint density at radius 2 is 0.694 bits per heavy atom. The molecule has 194 valence electrons. The molecule has 0 heterocycles. The number of hydrogen-bond donors (Lipinski definition) is 2. The number of hydrogen-bond acceptors (Lipinski definition) is 2. The average molecular weight is 485 g/mol. The van der Waals surface area contributed by atoms with Gasteiger partial charge in [-0.05, 0) is 70.9 Å². The fourth-order valence-electron chi connectivity index (χ4n) is 5.13. The van der Waals surface area contributed by atoms with Gasteiger partial charge in [-0.25, -0.2) is 0 Å². The van der Waals surface area contributed by atoms with Crippen LogP contribution < -0.4 is 10.6 Å².